The number of rotatable bonds is 3. The molecule has 126 valence electrons. The molecule has 0 fully saturated rings. The highest BCUT2D eigenvalue weighted by molar-refractivity contribution is 5.82. The minimum absolute atomic E-state index is 0.291. The Morgan fingerprint density at radius 1 is 1.35 bits per heavy atom. The number of aromatic nitrogens is 2. The fourth-order valence-corrected chi connectivity index (χ4v) is 2.28. The first-order valence-electron chi connectivity index (χ1n) is 7.38. The summed E-state index contributed by atoms with van der Waals surface area (Å²) in [4.78, 5) is 11.8. The third kappa shape index (κ3) is 4.18. The van der Waals surface area contributed by atoms with Crippen molar-refractivity contribution in [3.8, 4) is 0 Å². The summed E-state index contributed by atoms with van der Waals surface area (Å²) in [5, 5.41) is 7.53. The van der Waals surface area contributed by atoms with Crippen LogP contribution in [-0.2, 0) is 11.3 Å². The van der Waals surface area contributed by atoms with Gasteiger partial charge in [0.25, 0.3) is 0 Å². The first kappa shape index (κ1) is 17.2. The molecule has 0 unspecified atom stereocenters. The molecule has 1 heterocycles. The van der Waals surface area contributed by atoms with Gasteiger partial charge < -0.3 is 10.1 Å². The van der Waals surface area contributed by atoms with E-state index >= 15 is 0 Å². The second-order valence-electron chi connectivity index (χ2n) is 6.60. The summed E-state index contributed by atoms with van der Waals surface area (Å²) < 4.78 is 33.5. The lowest BCUT2D eigenvalue weighted by atomic mass is 10.2. The molecule has 0 spiro atoms. The van der Waals surface area contributed by atoms with Crippen molar-refractivity contribution < 1.29 is 18.3 Å². The molecule has 1 aromatic carbocycles. The van der Waals surface area contributed by atoms with Crippen LogP contribution in [0.5, 0.6) is 0 Å². The molecule has 7 heteroatoms. The molecule has 0 radical (unpaired) electrons. The second-order valence-corrected chi connectivity index (χ2v) is 6.60. The van der Waals surface area contributed by atoms with Crippen molar-refractivity contribution in [3.63, 3.8) is 0 Å². The molecule has 0 aliphatic rings. The Kier molecular flexibility index (Phi) is 4.58. The number of alkyl carbamates (subject to hydrolysis) is 1. The van der Waals surface area contributed by atoms with E-state index in [4.69, 9.17) is 4.74 Å². The van der Waals surface area contributed by atoms with Crippen LogP contribution in [-0.4, -0.2) is 27.5 Å². The molecule has 2 aromatic rings. The van der Waals surface area contributed by atoms with E-state index in [1.54, 1.807) is 39.3 Å². The van der Waals surface area contributed by atoms with Crippen molar-refractivity contribution in [2.75, 3.05) is 0 Å². The summed E-state index contributed by atoms with van der Waals surface area (Å²) in [6.07, 6.45) is -0.532. The average molecular weight is 325 g/mol. The average Bonchev–Trinajstić information content (AvgIpc) is 2.64. The van der Waals surface area contributed by atoms with Gasteiger partial charge >= 0.3 is 6.09 Å². The zero-order valence-corrected chi connectivity index (χ0v) is 13.9. The van der Waals surface area contributed by atoms with Gasteiger partial charge in [-0.1, -0.05) is 0 Å². The maximum Gasteiger partial charge on any atom is 0.407 e. The zero-order valence-electron chi connectivity index (χ0n) is 13.9. The van der Waals surface area contributed by atoms with Crippen molar-refractivity contribution >= 4 is 17.0 Å². The quantitative estimate of drug-likeness (QED) is 0.939. The highest BCUT2D eigenvalue weighted by Crippen LogP contribution is 2.22. The number of hydrogen-bond donors (Lipinski definition) is 1. The molecule has 1 atom stereocenters. The number of amides is 1. The molecular formula is C16H21F2N3O2. The number of carbonyl (C=O) groups is 1. The Morgan fingerprint density at radius 3 is 2.57 bits per heavy atom. The lowest BCUT2D eigenvalue weighted by molar-refractivity contribution is 0.0504. The van der Waals surface area contributed by atoms with Crippen molar-refractivity contribution in [3.05, 3.63) is 29.5 Å². The number of halogens is 2. The fourth-order valence-electron chi connectivity index (χ4n) is 2.28. The van der Waals surface area contributed by atoms with Crippen molar-refractivity contribution in [1.29, 1.82) is 0 Å². The SMILES string of the molecule is Cc1nn(C[C@H](C)NC(=O)OC(C)(C)C)c2cc(F)c(F)cc12. The van der Waals surface area contributed by atoms with Crippen molar-refractivity contribution in [2.24, 2.45) is 0 Å². The van der Waals surface area contributed by atoms with Crippen LogP contribution in [0.15, 0.2) is 12.1 Å². The van der Waals surface area contributed by atoms with Crippen LogP contribution >= 0.6 is 0 Å². The summed E-state index contributed by atoms with van der Waals surface area (Å²) in [6.45, 7) is 9.15. The summed E-state index contributed by atoms with van der Waals surface area (Å²) >= 11 is 0. The summed E-state index contributed by atoms with van der Waals surface area (Å²) in [5.41, 5.74) is 0.502. The highest BCUT2D eigenvalue weighted by Gasteiger charge is 2.19. The molecule has 0 aliphatic carbocycles. The maximum absolute atomic E-state index is 13.5. The number of aryl methyl sites for hydroxylation is 1. The molecule has 1 N–H and O–H groups in total. The summed E-state index contributed by atoms with van der Waals surface area (Å²) in [6, 6.07) is 1.96. The number of ether oxygens (including phenoxy) is 1. The van der Waals surface area contributed by atoms with E-state index < -0.39 is 23.3 Å². The molecule has 2 rings (SSSR count). The molecule has 1 aromatic heterocycles. The third-order valence-corrected chi connectivity index (χ3v) is 3.19. The van der Waals surface area contributed by atoms with Gasteiger partial charge in [0.1, 0.15) is 5.60 Å². The van der Waals surface area contributed by atoms with Gasteiger partial charge in [-0.15, -0.1) is 0 Å². The third-order valence-electron chi connectivity index (χ3n) is 3.19. The van der Waals surface area contributed by atoms with E-state index in [0.29, 0.717) is 23.1 Å². The van der Waals surface area contributed by atoms with Crippen LogP contribution < -0.4 is 5.32 Å². The lowest BCUT2D eigenvalue weighted by Gasteiger charge is -2.22. The highest BCUT2D eigenvalue weighted by atomic mass is 19.2. The smallest absolute Gasteiger partial charge is 0.407 e. The van der Waals surface area contributed by atoms with Gasteiger partial charge in [0.05, 0.1) is 17.8 Å². The zero-order chi connectivity index (χ0) is 17.4. The Balaban J connectivity index is 2.15. The molecule has 0 saturated heterocycles. The number of nitrogens with zero attached hydrogens (tertiary/aromatic N) is 2. The molecule has 1 amide bonds. The molecule has 0 bridgehead atoms. The molecule has 23 heavy (non-hydrogen) atoms. The van der Waals surface area contributed by atoms with Crippen LogP contribution in [0.3, 0.4) is 0 Å². The molecular weight excluding hydrogens is 304 g/mol. The van der Waals surface area contributed by atoms with E-state index in [2.05, 4.69) is 10.4 Å². The van der Waals surface area contributed by atoms with E-state index in [0.717, 1.165) is 12.1 Å². The van der Waals surface area contributed by atoms with E-state index in [1.807, 2.05) is 0 Å². The van der Waals surface area contributed by atoms with Gasteiger partial charge in [-0.05, 0) is 40.7 Å². The van der Waals surface area contributed by atoms with Gasteiger partial charge in [0.2, 0.25) is 0 Å². The van der Waals surface area contributed by atoms with Gasteiger partial charge in [0, 0.05) is 17.5 Å². The minimum atomic E-state index is -0.925. The fraction of sp³-hybridized carbons (Fsp3) is 0.500. The molecule has 5 nitrogen and oxygen atoms in total. The van der Waals surface area contributed by atoms with Gasteiger partial charge in [-0.3, -0.25) is 4.68 Å². The summed E-state index contributed by atoms with van der Waals surface area (Å²) in [7, 11) is 0. The number of benzene rings is 1. The Labute approximate surface area is 133 Å². The molecule has 0 saturated carbocycles. The molecule has 0 aliphatic heterocycles. The van der Waals surface area contributed by atoms with Gasteiger partial charge in [-0.25, -0.2) is 13.6 Å². The van der Waals surface area contributed by atoms with Crippen LogP contribution in [0.1, 0.15) is 33.4 Å². The van der Waals surface area contributed by atoms with Crippen LogP contribution in [0.25, 0.3) is 10.9 Å². The first-order valence-corrected chi connectivity index (χ1v) is 7.38. The van der Waals surface area contributed by atoms with Crippen LogP contribution in [0, 0.1) is 18.6 Å². The number of nitrogens with one attached hydrogen (secondary N) is 1. The Bertz CT molecular complexity index is 735. The normalized spacial score (nSPS) is 13.2. The van der Waals surface area contributed by atoms with Gasteiger partial charge in [0.15, 0.2) is 11.6 Å². The monoisotopic (exact) mass is 325 g/mol. The predicted molar refractivity (Wildman–Crippen MR) is 83.2 cm³/mol. The number of carbonyl (C=O) groups excluding carboxylic acids is 1. The van der Waals surface area contributed by atoms with E-state index in [9.17, 15) is 13.6 Å². The minimum Gasteiger partial charge on any atom is -0.444 e. The van der Waals surface area contributed by atoms with Crippen LogP contribution in [0.4, 0.5) is 13.6 Å². The number of fused-ring (bicyclic) bond motifs is 1. The van der Waals surface area contributed by atoms with Gasteiger partial charge in [-0.2, -0.15) is 5.10 Å². The topological polar surface area (TPSA) is 56.2 Å². The first-order chi connectivity index (χ1) is 10.6. The number of hydrogen-bond acceptors (Lipinski definition) is 3. The van der Waals surface area contributed by atoms with Crippen molar-refractivity contribution in [2.45, 2.75) is 52.8 Å². The predicted octanol–water partition coefficient (Wildman–Crippen LogP) is 3.54. The largest absolute Gasteiger partial charge is 0.444 e. The maximum atomic E-state index is 13.5. The van der Waals surface area contributed by atoms with E-state index in [1.165, 1.54) is 0 Å². The standard InChI is InChI=1S/C16H21F2N3O2/c1-9(19-15(22)23-16(3,4)5)8-21-14-7-13(18)12(17)6-11(14)10(2)20-21/h6-7,9H,8H2,1-5H3,(H,19,22)/t9-/m0/s1. The second kappa shape index (κ2) is 6.14. The summed E-state index contributed by atoms with van der Waals surface area (Å²) in [5.74, 6) is -1.83. The Morgan fingerprint density at radius 2 is 1.96 bits per heavy atom. The van der Waals surface area contributed by atoms with E-state index in [-0.39, 0.29) is 6.04 Å². The lowest BCUT2D eigenvalue weighted by Crippen LogP contribution is -2.39. The van der Waals surface area contributed by atoms with Crippen LogP contribution in [0.2, 0.25) is 0 Å². The van der Waals surface area contributed by atoms with Crippen molar-refractivity contribution in [1.82, 2.24) is 15.1 Å². The Hall–Kier alpha value is -2.18.